The van der Waals surface area contributed by atoms with E-state index in [0.29, 0.717) is 16.9 Å². The smallest absolute Gasteiger partial charge is 0.297 e. The molecule has 0 radical (unpaired) electrons. The number of alkyl halides is 2. The number of rotatable bonds is 4. The number of amides is 1. The fourth-order valence-electron chi connectivity index (χ4n) is 2.26. The number of hydrogen-bond donors (Lipinski definition) is 3. The number of fused-ring (bicyclic) bond motifs is 1. The number of carbonyl (C=O) groups excluding carboxylic acids is 1. The van der Waals surface area contributed by atoms with Gasteiger partial charge in [-0.3, -0.25) is 9.89 Å². The summed E-state index contributed by atoms with van der Waals surface area (Å²) in [5.74, 6) is -0.321. The first-order chi connectivity index (χ1) is 11.4. The fraction of sp³-hybridized carbons (Fsp3) is 0.200. The molecule has 24 heavy (non-hydrogen) atoms. The van der Waals surface area contributed by atoms with Crippen molar-refractivity contribution in [1.29, 1.82) is 0 Å². The van der Waals surface area contributed by atoms with Crippen molar-refractivity contribution in [1.82, 2.24) is 20.2 Å². The van der Waals surface area contributed by atoms with E-state index in [4.69, 9.17) is 0 Å². The molecule has 3 N–H and O–H groups in total. The molecule has 124 valence electrons. The molecular weight excluding hydrogens is 318 g/mol. The average molecular weight is 332 g/mol. The van der Waals surface area contributed by atoms with Gasteiger partial charge in [0.25, 0.3) is 6.43 Å². The number of nitrogens with zero attached hydrogens (tertiary/aromatic N) is 3. The van der Waals surface area contributed by atoms with E-state index in [2.05, 4.69) is 30.8 Å². The van der Waals surface area contributed by atoms with Gasteiger partial charge in [-0.05, 0) is 19.1 Å². The van der Waals surface area contributed by atoms with E-state index in [1.165, 1.54) is 6.92 Å². The largest absolute Gasteiger partial charge is 0.324 e. The van der Waals surface area contributed by atoms with Crippen LogP contribution in [0.5, 0.6) is 0 Å². The first-order valence-corrected chi connectivity index (χ1v) is 7.09. The van der Waals surface area contributed by atoms with Crippen LogP contribution >= 0.6 is 0 Å². The van der Waals surface area contributed by atoms with Gasteiger partial charge in [0, 0.05) is 24.1 Å². The van der Waals surface area contributed by atoms with E-state index < -0.39 is 12.2 Å². The van der Waals surface area contributed by atoms with E-state index in [1.54, 1.807) is 24.3 Å². The predicted octanol–water partition coefficient (Wildman–Crippen LogP) is 3.30. The Bertz CT molecular complexity index is 908. The minimum atomic E-state index is -2.85. The Morgan fingerprint density at radius 3 is 2.71 bits per heavy atom. The van der Waals surface area contributed by atoms with Crippen LogP contribution in [0.4, 0.5) is 26.1 Å². The molecule has 2 heterocycles. The normalized spacial score (nSPS) is 11.0. The molecule has 1 amide bonds. The van der Waals surface area contributed by atoms with Gasteiger partial charge in [-0.15, -0.1) is 0 Å². The Kier molecular flexibility index (Phi) is 4.07. The molecule has 0 saturated carbocycles. The summed E-state index contributed by atoms with van der Waals surface area (Å²) in [5.41, 5.74) is 1.38. The van der Waals surface area contributed by atoms with Gasteiger partial charge in [0.05, 0.1) is 11.2 Å². The Morgan fingerprint density at radius 1 is 1.29 bits per heavy atom. The van der Waals surface area contributed by atoms with Gasteiger partial charge in [0.1, 0.15) is 5.82 Å². The zero-order valence-electron chi connectivity index (χ0n) is 12.9. The van der Waals surface area contributed by atoms with Crippen molar-refractivity contribution in [2.75, 3.05) is 10.6 Å². The molecule has 3 aromatic rings. The van der Waals surface area contributed by atoms with Gasteiger partial charge in [0.2, 0.25) is 5.91 Å². The SMILES string of the molecule is CC(=O)Nc1cccc2c(Nc3cc(C)[nH]n3)nc(C(F)F)nc12. The molecule has 0 fully saturated rings. The number of nitrogens with one attached hydrogen (secondary N) is 3. The highest BCUT2D eigenvalue weighted by Gasteiger charge is 2.18. The Morgan fingerprint density at radius 2 is 2.08 bits per heavy atom. The van der Waals surface area contributed by atoms with E-state index in [9.17, 15) is 13.6 Å². The second-order valence-corrected chi connectivity index (χ2v) is 5.18. The van der Waals surface area contributed by atoms with Crippen LogP contribution in [0.25, 0.3) is 10.9 Å². The summed E-state index contributed by atoms with van der Waals surface area (Å²) in [4.78, 5) is 19.1. The topological polar surface area (TPSA) is 95.6 Å². The minimum absolute atomic E-state index is 0.189. The standard InChI is InChI=1S/C15H14F2N6O/c1-7-6-11(23-22-7)19-14-9-4-3-5-10(18-8(2)24)12(9)20-15(21-14)13(16)17/h3-6,13H,1-2H3,(H,18,24)(H2,19,20,21,22,23). The third-order valence-electron chi connectivity index (χ3n) is 3.20. The van der Waals surface area contributed by atoms with Crippen molar-refractivity contribution >= 4 is 34.1 Å². The van der Waals surface area contributed by atoms with Crippen molar-refractivity contribution in [3.63, 3.8) is 0 Å². The lowest BCUT2D eigenvalue weighted by molar-refractivity contribution is -0.114. The number of para-hydroxylation sites is 1. The number of aromatic nitrogens is 4. The van der Waals surface area contributed by atoms with Crippen LogP contribution in [0.3, 0.4) is 0 Å². The van der Waals surface area contributed by atoms with E-state index >= 15 is 0 Å². The lowest BCUT2D eigenvalue weighted by Gasteiger charge is -2.12. The molecule has 0 aliphatic carbocycles. The maximum Gasteiger partial charge on any atom is 0.297 e. The van der Waals surface area contributed by atoms with Crippen LogP contribution in [0, 0.1) is 6.92 Å². The van der Waals surface area contributed by atoms with E-state index in [-0.39, 0.29) is 17.2 Å². The summed E-state index contributed by atoms with van der Waals surface area (Å²) in [6.45, 7) is 3.15. The van der Waals surface area contributed by atoms with Crippen molar-refractivity contribution in [2.45, 2.75) is 20.3 Å². The summed E-state index contributed by atoms with van der Waals surface area (Å²) in [5, 5.41) is 12.7. The molecule has 0 atom stereocenters. The first kappa shape index (κ1) is 15.8. The summed E-state index contributed by atoms with van der Waals surface area (Å²) in [7, 11) is 0. The number of carbonyl (C=O) groups is 1. The zero-order chi connectivity index (χ0) is 17.3. The van der Waals surface area contributed by atoms with Crippen LogP contribution in [0.1, 0.15) is 24.9 Å². The second kappa shape index (κ2) is 6.19. The van der Waals surface area contributed by atoms with E-state index in [0.717, 1.165) is 5.69 Å². The van der Waals surface area contributed by atoms with Crippen LogP contribution in [-0.2, 0) is 4.79 Å². The molecule has 9 heteroatoms. The summed E-state index contributed by atoms with van der Waals surface area (Å²) >= 11 is 0. The second-order valence-electron chi connectivity index (χ2n) is 5.18. The summed E-state index contributed by atoms with van der Waals surface area (Å²) in [6.07, 6.45) is -2.85. The Labute approximate surface area is 135 Å². The molecule has 3 rings (SSSR count). The number of aromatic amines is 1. The summed E-state index contributed by atoms with van der Waals surface area (Å²) < 4.78 is 26.3. The van der Waals surface area contributed by atoms with Gasteiger partial charge in [0.15, 0.2) is 11.6 Å². The molecule has 0 saturated heterocycles. The minimum Gasteiger partial charge on any atom is -0.324 e. The van der Waals surface area contributed by atoms with Gasteiger partial charge in [-0.25, -0.2) is 18.7 Å². The molecule has 2 aromatic heterocycles. The molecule has 1 aromatic carbocycles. The monoisotopic (exact) mass is 332 g/mol. The zero-order valence-corrected chi connectivity index (χ0v) is 12.9. The highest BCUT2D eigenvalue weighted by molar-refractivity contribution is 6.03. The third-order valence-corrected chi connectivity index (χ3v) is 3.20. The van der Waals surface area contributed by atoms with Gasteiger partial charge >= 0.3 is 0 Å². The van der Waals surface area contributed by atoms with Crippen LogP contribution in [0.15, 0.2) is 24.3 Å². The third kappa shape index (κ3) is 3.14. The molecule has 0 aliphatic rings. The van der Waals surface area contributed by atoms with Crippen LogP contribution in [-0.4, -0.2) is 26.1 Å². The van der Waals surface area contributed by atoms with Gasteiger partial charge in [-0.2, -0.15) is 5.10 Å². The maximum atomic E-state index is 13.2. The highest BCUT2D eigenvalue weighted by atomic mass is 19.3. The number of benzene rings is 1. The quantitative estimate of drug-likeness (QED) is 0.681. The molecule has 0 bridgehead atoms. The lowest BCUT2D eigenvalue weighted by Crippen LogP contribution is -2.09. The first-order valence-electron chi connectivity index (χ1n) is 7.09. The number of aryl methyl sites for hydroxylation is 1. The van der Waals surface area contributed by atoms with Crippen LogP contribution in [0.2, 0.25) is 0 Å². The molecular formula is C15H14F2N6O. The van der Waals surface area contributed by atoms with Crippen LogP contribution < -0.4 is 10.6 Å². The predicted molar refractivity (Wildman–Crippen MR) is 85.4 cm³/mol. The highest BCUT2D eigenvalue weighted by Crippen LogP contribution is 2.30. The van der Waals surface area contributed by atoms with Gasteiger partial charge in [-0.1, -0.05) is 6.07 Å². The Hall–Kier alpha value is -3.10. The fourth-order valence-corrected chi connectivity index (χ4v) is 2.26. The van der Waals surface area contributed by atoms with Gasteiger partial charge < -0.3 is 10.6 Å². The number of halogens is 2. The van der Waals surface area contributed by atoms with Crippen molar-refractivity contribution in [3.8, 4) is 0 Å². The van der Waals surface area contributed by atoms with Crippen molar-refractivity contribution in [3.05, 3.63) is 35.8 Å². The Balaban J connectivity index is 2.17. The molecule has 7 nitrogen and oxygen atoms in total. The van der Waals surface area contributed by atoms with Crippen molar-refractivity contribution < 1.29 is 13.6 Å². The molecule has 0 aliphatic heterocycles. The molecule has 0 spiro atoms. The number of anilines is 3. The number of H-pyrrole nitrogens is 1. The van der Waals surface area contributed by atoms with Crippen molar-refractivity contribution in [2.24, 2.45) is 0 Å². The maximum absolute atomic E-state index is 13.2. The van der Waals surface area contributed by atoms with E-state index in [1.807, 2.05) is 6.92 Å². The summed E-state index contributed by atoms with van der Waals surface area (Å²) in [6, 6.07) is 6.67. The molecule has 0 unspecified atom stereocenters. The number of hydrogen-bond acceptors (Lipinski definition) is 5. The average Bonchev–Trinajstić information content (AvgIpc) is 2.92. The lowest BCUT2D eigenvalue weighted by atomic mass is 10.2.